The number of nitrogens with two attached hydrogens (primary N) is 1. The third kappa shape index (κ3) is 1.56. The molecule has 0 saturated carbocycles. The fraction of sp³-hybridized carbons (Fsp3) is 0.455. The molecular weight excluding hydrogens is 188 g/mol. The molecule has 2 N–H and O–H groups in total. The number of nitrogen functional groups attached to an aromatic ring is 1. The van der Waals surface area contributed by atoms with Crippen LogP contribution in [0.5, 0.6) is 0 Å². The van der Waals surface area contributed by atoms with Crippen molar-refractivity contribution in [1.82, 2.24) is 14.6 Å². The van der Waals surface area contributed by atoms with E-state index in [-0.39, 0.29) is 0 Å². The molecule has 2 rings (SSSR count). The third-order valence-electron chi connectivity index (χ3n) is 2.98. The first-order valence-corrected chi connectivity index (χ1v) is 5.19. The molecule has 0 aliphatic rings. The van der Waals surface area contributed by atoms with E-state index in [0.717, 1.165) is 5.52 Å². The number of nitrogens with zero attached hydrogens (tertiary/aromatic N) is 3. The van der Waals surface area contributed by atoms with Crippen molar-refractivity contribution in [3.63, 3.8) is 0 Å². The van der Waals surface area contributed by atoms with Crippen molar-refractivity contribution >= 4 is 11.3 Å². The zero-order valence-electron chi connectivity index (χ0n) is 9.31. The molecule has 80 valence electrons. The van der Waals surface area contributed by atoms with Crippen LogP contribution in [0.2, 0.25) is 0 Å². The molecule has 0 saturated heterocycles. The molecule has 0 amide bonds. The monoisotopic (exact) mass is 204 g/mol. The second kappa shape index (κ2) is 3.53. The number of hydrogen-bond donors (Lipinski definition) is 1. The lowest BCUT2D eigenvalue weighted by Gasteiger charge is -2.14. The fourth-order valence-corrected chi connectivity index (χ4v) is 1.66. The Bertz CT molecular complexity index is 472. The van der Waals surface area contributed by atoms with Crippen LogP contribution < -0.4 is 5.73 Å². The maximum Gasteiger partial charge on any atom is 0.151 e. The summed E-state index contributed by atoms with van der Waals surface area (Å²) in [7, 11) is 0. The Morgan fingerprint density at radius 1 is 1.27 bits per heavy atom. The quantitative estimate of drug-likeness (QED) is 0.814. The molecule has 0 bridgehead atoms. The summed E-state index contributed by atoms with van der Waals surface area (Å²) in [5.41, 5.74) is 7.85. The van der Waals surface area contributed by atoms with Gasteiger partial charge in [0.15, 0.2) is 5.82 Å². The Hall–Kier alpha value is -1.58. The van der Waals surface area contributed by atoms with Crippen LogP contribution in [-0.4, -0.2) is 14.6 Å². The van der Waals surface area contributed by atoms with Crippen molar-refractivity contribution in [3.05, 3.63) is 24.2 Å². The highest BCUT2D eigenvalue weighted by Crippen LogP contribution is 2.25. The minimum Gasteiger partial charge on any atom is -0.382 e. The van der Waals surface area contributed by atoms with E-state index in [2.05, 4.69) is 36.9 Å². The Balaban J connectivity index is 2.59. The molecule has 0 aliphatic heterocycles. The lowest BCUT2D eigenvalue weighted by molar-refractivity contribution is 0.514. The molecule has 0 unspecified atom stereocenters. The molecule has 2 aromatic rings. The molecule has 0 aromatic carbocycles. The van der Waals surface area contributed by atoms with Gasteiger partial charge in [-0.15, -0.1) is 0 Å². The molecule has 4 heteroatoms. The highest BCUT2D eigenvalue weighted by atomic mass is 15.3. The van der Waals surface area contributed by atoms with Crippen LogP contribution in [0, 0.1) is 5.92 Å². The molecule has 2 aromatic heterocycles. The Morgan fingerprint density at radius 3 is 2.67 bits per heavy atom. The zero-order valence-corrected chi connectivity index (χ0v) is 9.31. The first kappa shape index (κ1) is 9.96. The van der Waals surface area contributed by atoms with Crippen molar-refractivity contribution in [2.45, 2.75) is 26.7 Å². The molecule has 1 atom stereocenters. The largest absolute Gasteiger partial charge is 0.382 e. The highest BCUT2D eigenvalue weighted by molar-refractivity contribution is 5.65. The van der Waals surface area contributed by atoms with E-state index < -0.39 is 0 Å². The average Bonchev–Trinajstić information content (AvgIpc) is 2.61. The van der Waals surface area contributed by atoms with Crippen molar-refractivity contribution in [2.24, 2.45) is 5.92 Å². The van der Waals surface area contributed by atoms with E-state index in [4.69, 9.17) is 5.73 Å². The van der Waals surface area contributed by atoms with Crippen molar-refractivity contribution in [2.75, 3.05) is 5.73 Å². The highest BCUT2D eigenvalue weighted by Gasteiger charge is 2.15. The van der Waals surface area contributed by atoms with Crippen LogP contribution in [0.4, 0.5) is 5.82 Å². The molecular formula is C11H16N4. The number of anilines is 1. The third-order valence-corrected chi connectivity index (χ3v) is 2.98. The summed E-state index contributed by atoms with van der Waals surface area (Å²) < 4.78 is 1.88. The van der Waals surface area contributed by atoms with E-state index in [1.54, 1.807) is 0 Å². The van der Waals surface area contributed by atoms with Crippen LogP contribution in [0.1, 0.15) is 32.4 Å². The summed E-state index contributed by atoms with van der Waals surface area (Å²) in [5, 5.41) is 4.23. The minimum absolute atomic E-state index is 0.460. The van der Waals surface area contributed by atoms with Gasteiger partial charge in [0.1, 0.15) is 11.8 Å². The zero-order chi connectivity index (χ0) is 11.0. The van der Waals surface area contributed by atoms with E-state index >= 15 is 0 Å². The maximum atomic E-state index is 5.77. The number of fused-ring (bicyclic) bond motifs is 1. The maximum absolute atomic E-state index is 5.77. The first-order valence-electron chi connectivity index (χ1n) is 5.19. The van der Waals surface area contributed by atoms with E-state index in [1.807, 2.05) is 10.6 Å². The van der Waals surface area contributed by atoms with Gasteiger partial charge in [-0.05, 0) is 18.1 Å². The van der Waals surface area contributed by atoms with Crippen molar-refractivity contribution in [3.8, 4) is 0 Å². The Labute approximate surface area is 89.1 Å². The van der Waals surface area contributed by atoms with Gasteiger partial charge in [-0.25, -0.2) is 9.50 Å². The molecule has 0 aliphatic carbocycles. The van der Waals surface area contributed by atoms with Crippen molar-refractivity contribution in [1.29, 1.82) is 0 Å². The van der Waals surface area contributed by atoms with Gasteiger partial charge in [-0.2, -0.15) is 5.10 Å². The van der Waals surface area contributed by atoms with Gasteiger partial charge in [-0.3, -0.25) is 0 Å². The average molecular weight is 204 g/mol. The standard InChI is InChI=1S/C11H16N4/c1-7(2)8(3)9-4-5-10-11(12)13-6-14-15(9)10/h4-8H,1-3H3,(H2,12,13,14)/t8-/m1/s1. The molecule has 2 heterocycles. The van der Waals surface area contributed by atoms with Gasteiger partial charge in [0, 0.05) is 11.6 Å². The smallest absolute Gasteiger partial charge is 0.151 e. The van der Waals surface area contributed by atoms with Crippen LogP contribution >= 0.6 is 0 Å². The van der Waals surface area contributed by atoms with Gasteiger partial charge in [0.05, 0.1) is 0 Å². The van der Waals surface area contributed by atoms with Gasteiger partial charge < -0.3 is 5.73 Å². The SMILES string of the molecule is CC(C)[C@@H](C)c1ccc2c(N)ncnn12. The van der Waals surface area contributed by atoms with E-state index in [1.165, 1.54) is 12.0 Å². The van der Waals surface area contributed by atoms with Crippen LogP contribution in [0.15, 0.2) is 18.5 Å². The summed E-state index contributed by atoms with van der Waals surface area (Å²) >= 11 is 0. The summed E-state index contributed by atoms with van der Waals surface area (Å²) in [6.07, 6.45) is 1.50. The molecule has 4 nitrogen and oxygen atoms in total. The summed E-state index contributed by atoms with van der Waals surface area (Å²) in [5.74, 6) is 1.58. The van der Waals surface area contributed by atoms with Crippen LogP contribution in [0.25, 0.3) is 5.52 Å². The lowest BCUT2D eigenvalue weighted by atomic mass is 9.95. The van der Waals surface area contributed by atoms with Crippen molar-refractivity contribution < 1.29 is 0 Å². The molecule has 0 radical (unpaired) electrons. The summed E-state index contributed by atoms with van der Waals surface area (Å²) in [4.78, 5) is 3.97. The number of hydrogen-bond acceptors (Lipinski definition) is 3. The van der Waals surface area contributed by atoms with Crippen LogP contribution in [0.3, 0.4) is 0 Å². The first-order chi connectivity index (χ1) is 7.11. The normalized spacial score (nSPS) is 13.6. The summed E-state index contributed by atoms with van der Waals surface area (Å²) in [6.45, 7) is 6.61. The van der Waals surface area contributed by atoms with Gasteiger partial charge >= 0.3 is 0 Å². The molecule has 0 fully saturated rings. The fourth-order valence-electron chi connectivity index (χ4n) is 1.66. The Morgan fingerprint density at radius 2 is 2.00 bits per heavy atom. The predicted octanol–water partition coefficient (Wildman–Crippen LogP) is 2.07. The predicted molar refractivity (Wildman–Crippen MR) is 60.7 cm³/mol. The number of rotatable bonds is 2. The molecule has 15 heavy (non-hydrogen) atoms. The lowest BCUT2D eigenvalue weighted by Crippen LogP contribution is -2.08. The van der Waals surface area contributed by atoms with E-state index in [0.29, 0.717) is 17.7 Å². The summed E-state index contributed by atoms with van der Waals surface area (Å²) in [6, 6.07) is 4.05. The topological polar surface area (TPSA) is 56.2 Å². The number of aromatic nitrogens is 3. The van der Waals surface area contributed by atoms with Gasteiger partial charge in [-0.1, -0.05) is 20.8 Å². The minimum atomic E-state index is 0.460. The second-order valence-corrected chi connectivity index (χ2v) is 4.23. The van der Waals surface area contributed by atoms with E-state index in [9.17, 15) is 0 Å². The molecule has 0 spiro atoms. The Kier molecular flexibility index (Phi) is 2.34. The van der Waals surface area contributed by atoms with Crippen LogP contribution in [-0.2, 0) is 0 Å². The van der Waals surface area contributed by atoms with Gasteiger partial charge in [0.2, 0.25) is 0 Å². The van der Waals surface area contributed by atoms with Gasteiger partial charge in [0.25, 0.3) is 0 Å². The second-order valence-electron chi connectivity index (χ2n) is 4.23.